The van der Waals surface area contributed by atoms with Gasteiger partial charge in [-0.3, -0.25) is 4.79 Å². The van der Waals surface area contributed by atoms with Crippen molar-refractivity contribution in [1.82, 2.24) is 0 Å². The largest absolute Gasteiger partial charge is 0.478 e. The molecule has 0 spiro atoms. The lowest BCUT2D eigenvalue weighted by Crippen LogP contribution is -2.12. The normalized spacial score (nSPS) is 10.2. The maximum Gasteiger partial charge on any atom is 0.335 e. The Labute approximate surface area is 129 Å². The molecule has 0 saturated heterocycles. The van der Waals surface area contributed by atoms with Crippen molar-refractivity contribution < 1.29 is 14.7 Å². The summed E-state index contributed by atoms with van der Waals surface area (Å²) in [6, 6.07) is 11.4. The van der Waals surface area contributed by atoms with Gasteiger partial charge in [0.05, 0.1) is 5.56 Å². The van der Waals surface area contributed by atoms with Gasteiger partial charge in [-0.1, -0.05) is 28.1 Å². The minimum absolute atomic E-state index is 0.0955. The molecule has 0 bridgehead atoms. The van der Waals surface area contributed by atoms with E-state index in [1.165, 1.54) is 12.1 Å². The van der Waals surface area contributed by atoms with Crippen LogP contribution in [0.3, 0.4) is 0 Å². The van der Waals surface area contributed by atoms with Gasteiger partial charge in [0, 0.05) is 22.3 Å². The van der Waals surface area contributed by atoms with Crippen LogP contribution in [0.15, 0.2) is 46.9 Å². The summed E-state index contributed by atoms with van der Waals surface area (Å²) < 4.78 is 0.580. The van der Waals surface area contributed by atoms with E-state index < -0.39 is 5.97 Å². The number of amides is 1. The Morgan fingerprint density at radius 2 is 1.76 bits per heavy atom. The lowest BCUT2D eigenvalue weighted by Gasteiger charge is -2.07. The molecular weight excluding hydrogens is 336 g/mol. The molecule has 0 heterocycles. The molecule has 2 aromatic rings. The quantitative estimate of drug-likeness (QED) is 0.791. The summed E-state index contributed by atoms with van der Waals surface area (Å²) in [5.74, 6) is -1.37. The number of carboxylic acid groups (broad SMARTS) is 1. The molecule has 2 rings (SSSR count). The second kappa shape index (κ2) is 6.51. The van der Waals surface area contributed by atoms with Crippen LogP contribution in [-0.4, -0.2) is 17.0 Å². The summed E-state index contributed by atoms with van der Waals surface area (Å²) in [5, 5.41) is 11.7. The molecule has 0 aliphatic carbocycles. The number of benzene rings is 2. The van der Waals surface area contributed by atoms with Crippen LogP contribution in [0.2, 0.25) is 0 Å². The summed E-state index contributed by atoms with van der Waals surface area (Å²) >= 11 is 3.22. The van der Waals surface area contributed by atoms with E-state index in [2.05, 4.69) is 21.2 Å². The topological polar surface area (TPSA) is 92.4 Å². The van der Waals surface area contributed by atoms with Crippen LogP contribution in [0.5, 0.6) is 0 Å². The van der Waals surface area contributed by atoms with E-state index in [-0.39, 0.29) is 11.5 Å². The highest BCUT2D eigenvalue weighted by Gasteiger charge is 2.10. The summed E-state index contributed by atoms with van der Waals surface area (Å²) in [5.41, 5.74) is 7.42. The minimum atomic E-state index is -1.06. The highest BCUT2D eigenvalue weighted by molar-refractivity contribution is 9.10. The lowest BCUT2D eigenvalue weighted by molar-refractivity contribution is 0.0696. The van der Waals surface area contributed by atoms with Crippen LogP contribution in [0, 0.1) is 0 Å². The predicted octanol–water partition coefficient (Wildman–Crippen LogP) is 2.86. The van der Waals surface area contributed by atoms with Crippen molar-refractivity contribution in [2.24, 2.45) is 5.73 Å². The molecule has 0 aliphatic rings. The van der Waals surface area contributed by atoms with Gasteiger partial charge in [-0.25, -0.2) is 4.79 Å². The monoisotopic (exact) mass is 348 g/mol. The van der Waals surface area contributed by atoms with Gasteiger partial charge in [-0.15, -0.1) is 0 Å². The number of carbonyl (C=O) groups excluding carboxylic acids is 1. The molecular formula is C15H13BrN2O3. The van der Waals surface area contributed by atoms with Crippen molar-refractivity contribution in [3.8, 4) is 0 Å². The van der Waals surface area contributed by atoms with E-state index >= 15 is 0 Å². The van der Waals surface area contributed by atoms with Crippen molar-refractivity contribution >= 4 is 33.5 Å². The molecule has 6 heteroatoms. The number of anilines is 1. The van der Waals surface area contributed by atoms with Crippen LogP contribution in [0.4, 0.5) is 5.69 Å². The fourth-order valence-electron chi connectivity index (χ4n) is 1.78. The Balaban J connectivity index is 2.20. The smallest absolute Gasteiger partial charge is 0.335 e. The van der Waals surface area contributed by atoms with E-state index in [1.807, 2.05) is 0 Å². The Morgan fingerprint density at radius 1 is 1.10 bits per heavy atom. The SMILES string of the molecule is NCc1ccc(C(=O)Nc2cc(Br)cc(C(=O)O)c2)cc1. The number of nitrogens with one attached hydrogen (secondary N) is 1. The number of nitrogens with two attached hydrogens (primary N) is 1. The van der Waals surface area contributed by atoms with Gasteiger partial charge < -0.3 is 16.2 Å². The molecule has 0 aliphatic heterocycles. The maximum absolute atomic E-state index is 12.1. The van der Waals surface area contributed by atoms with Gasteiger partial charge in [0.15, 0.2) is 0 Å². The zero-order chi connectivity index (χ0) is 15.4. The zero-order valence-corrected chi connectivity index (χ0v) is 12.6. The number of carboxylic acids is 1. The van der Waals surface area contributed by atoms with Gasteiger partial charge in [-0.05, 0) is 35.9 Å². The Morgan fingerprint density at radius 3 is 2.33 bits per heavy atom. The first-order valence-electron chi connectivity index (χ1n) is 6.14. The van der Waals surface area contributed by atoms with Gasteiger partial charge in [0.1, 0.15) is 0 Å². The van der Waals surface area contributed by atoms with Crippen molar-refractivity contribution in [2.75, 3.05) is 5.32 Å². The van der Waals surface area contributed by atoms with E-state index in [0.29, 0.717) is 22.3 Å². The summed E-state index contributed by atoms with van der Waals surface area (Å²) in [7, 11) is 0. The number of carbonyl (C=O) groups is 2. The van der Waals surface area contributed by atoms with Crippen molar-refractivity contribution in [3.05, 3.63) is 63.6 Å². The number of rotatable bonds is 4. The van der Waals surface area contributed by atoms with Crippen LogP contribution < -0.4 is 11.1 Å². The predicted molar refractivity (Wildman–Crippen MR) is 83.4 cm³/mol. The summed E-state index contributed by atoms with van der Waals surface area (Å²) in [4.78, 5) is 23.1. The third kappa shape index (κ3) is 3.90. The van der Waals surface area contributed by atoms with Gasteiger partial charge in [0.25, 0.3) is 5.91 Å². The van der Waals surface area contributed by atoms with Crippen LogP contribution >= 0.6 is 15.9 Å². The molecule has 21 heavy (non-hydrogen) atoms. The van der Waals surface area contributed by atoms with E-state index in [9.17, 15) is 9.59 Å². The highest BCUT2D eigenvalue weighted by Crippen LogP contribution is 2.20. The van der Waals surface area contributed by atoms with E-state index in [4.69, 9.17) is 10.8 Å². The second-order valence-electron chi connectivity index (χ2n) is 4.39. The molecule has 4 N–H and O–H groups in total. The Bertz CT molecular complexity index is 684. The zero-order valence-electron chi connectivity index (χ0n) is 11.0. The highest BCUT2D eigenvalue weighted by atomic mass is 79.9. The molecule has 108 valence electrons. The maximum atomic E-state index is 12.1. The van der Waals surface area contributed by atoms with E-state index in [0.717, 1.165) is 5.56 Å². The first-order chi connectivity index (χ1) is 9.99. The molecule has 0 radical (unpaired) electrons. The minimum Gasteiger partial charge on any atom is -0.478 e. The molecule has 0 atom stereocenters. The van der Waals surface area contributed by atoms with Gasteiger partial charge in [-0.2, -0.15) is 0 Å². The molecule has 2 aromatic carbocycles. The standard InChI is InChI=1S/C15H13BrN2O3/c16-12-5-11(15(20)21)6-13(7-12)18-14(19)10-3-1-9(8-17)2-4-10/h1-7H,8,17H2,(H,18,19)(H,20,21). The molecule has 0 fully saturated rings. The van der Waals surface area contributed by atoms with E-state index in [1.54, 1.807) is 30.3 Å². The number of hydrogen-bond donors (Lipinski definition) is 3. The van der Waals surface area contributed by atoms with Gasteiger partial charge in [0.2, 0.25) is 0 Å². The molecule has 0 saturated carbocycles. The number of hydrogen-bond acceptors (Lipinski definition) is 3. The second-order valence-corrected chi connectivity index (χ2v) is 5.30. The van der Waals surface area contributed by atoms with Crippen LogP contribution in [0.1, 0.15) is 26.3 Å². The fraction of sp³-hybridized carbons (Fsp3) is 0.0667. The Hall–Kier alpha value is -2.18. The Kier molecular flexibility index (Phi) is 4.72. The molecule has 0 aromatic heterocycles. The fourth-order valence-corrected chi connectivity index (χ4v) is 2.27. The molecule has 0 unspecified atom stereocenters. The van der Waals surface area contributed by atoms with Crippen molar-refractivity contribution in [2.45, 2.75) is 6.54 Å². The molecule has 5 nitrogen and oxygen atoms in total. The number of halogens is 1. The third-order valence-electron chi connectivity index (χ3n) is 2.85. The van der Waals surface area contributed by atoms with Crippen molar-refractivity contribution in [1.29, 1.82) is 0 Å². The van der Waals surface area contributed by atoms with Crippen molar-refractivity contribution in [3.63, 3.8) is 0 Å². The summed E-state index contributed by atoms with van der Waals surface area (Å²) in [6.07, 6.45) is 0. The lowest BCUT2D eigenvalue weighted by atomic mass is 10.1. The first-order valence-corrected chi connectivity index (χ1v) is 6.93. The first kappa shape index (κ1) is 15.2. The average Bonchev–Trinajstić information content (AvgIpc) is 2.46. The number of aromatic carboxylic acids is 1. The van der Waals surface area contributed by atoms with Crippen LogP contribution in [-0.2, 0) is 6.54 Å². The third-order valence-corrected chi connectivity index (χ3v) is 3.31. The average molecular weight is 349 g/mol. The summed E-state index contributed by atoms with van der Waals surface area (Å²) in [6.45, 7) is 0.412. The van der Waals surface area contributed by atoms with Crippen LogP contribution in [0.25, 0.3) is 0 Å². The molecule has 1 amide bonds. The van der Waals surface area contributed by atoms with Gasteiger partial charge >= 0.3 is 5.97 Å².